The molecule has 0 saturated carbocycles. The third kappa shape index (κ3) is 4.29. The van der Waals surface area contributed by atoms with Crippen LogP contribution < -0.4 is 22.7 Å². The normalized spacial score (nSPS) is 10.6. The minimum atomic E-state index is -1.05. The standard InChI is InChI=1S/C3H7N11O2/c4-1-8-3(9-7)13(14(15)16)12-11-10-2(5)6/h7H2,(H,8,9)(H4,5,6,10,12). The van der Waals surface area contributed by atoms with Gasteiger partial charge in [-0.05, 0) is 0 Å². The fourth-order valence-corrected chi connectivity index (χ4v) is 0.444. The number of nitrogens with one attached hydrogen (secondary N) is 1. The molecule has 0 fully saturated rings. The number of nitro groups is 1. The molecule has 16 heavy (non-hydrogen) atoms. The van der Waals surface area contributed by atoms with E-state index < -0.39 is 17.0 Å². The molecule has 0 aliphatic heterocycles. The molecule has 0 unspecified atom stereocenters. The molecule has 0 rings (SSSR count). The first kappa shape index (κ1) is 13.0. The maximum absolute atomic E-state index is 10.4. The Morgan fingerprint density at radius 2 is 2.19 bits per heavy atom. The zero-order valence-corrected chi connectivity index (χ0v) is 7.68. The first-order chi connectivity index (χ1) is 7.52. The fourth-order valence-electron chi connectivity index (χ4n) is 0.444. The fraction of sp³-hybridized carbons (Fsp3) is 0. The van der Waals surface area contributed by atoms with Crippen molar-refractivity contribution in [2.75, 3.05) is 0 Å². The van der Waals surface area contributed by atoms with Crippen molar-refractivity contribution in [3.63, 3.8) is 0 Å². The highest BCUT2D eigenvalue weighted by Crippen LogP contribution is 1.93. The zero-order valence-electron chi connectivity index (χ0n) is 7.68. The van der Waals surface area contributed by atoms with E-state index in [0.717, 1.165) is 0 Å². The van der Waals surface area contributed by atoms with Gasteiger partial charge in [0.05, 0.1) is 10.2 Å². The average Bonchev–Trinajstić information content (AvgIpc) is 2.21. The molecule has 86 valence electrons. The number of guanidine groups is 2. The molecule has 13 nitrogen and oxygen atoms in total. The van der Waals surface area contributed by atoms with E-state index in [1.165, 1.54) is 6.19 Å². The van der Waals surface area contributed by atoms with Crippen LogP contribution in [0, 0.1) is 21.6 Å². The average molecular weight is 229 g/mol. The molecule has 0 aromatic rings. The summed E-state index contributed by atoms with van der Waals surface area (Å²) in [5.74, 6) is 3.75. The molecule has 7 N–H and O–H groups in total. The summed E-state index contributed by atoms with van der Waals surface area (Å²) in [5.41, 5.74) is 11.5. The summed E-state index contributed by atoms with van der Waals surface area (Å²) in [5, 5.41) is 26.4. The number of aliphatic imine (C=N–C) groups is 1. The van der Waals surface area contributed by atoms with Crippen LogP contribution in [0.5, 0.6) is 0 Å². The summed E-state index contributed by atoms with van der Waals surface area (Å²) in [6, 6.07) is 0. The van der Waals surface area contributed by atoms with E-state index in [1.54, 1.807) is 5.43 Å². The third-order valence-corrected chi connectivity index (χ3v) is 0.914. The van der Waals surface area contributed by atoms with Crippen LogP contribution in [-0.4, -0.2) is 22.1 Å². The number of hydrazine groups is 2. The van der Waals surface area contributed by atoms with Crippen LogP contribution >= 0.6 is 0 Å². The van der Waals surface area contributed by atoms with E-state index in [4.69, 9.17) is 22.6 Å². The van der Waals surface area contributed by atoms with Gasteiger partial charge in [-0.2, -0.15) is 5.26 Å². The van der Waals surface area contributed by atoms with Crippen LogP contribution in [0.2, 0.25) is 0 Å². The van der Waals surface area contributed by atoms with Crippen molar-refractivity contribution in [1.29, 1.82) is 5.26 Å². The van der Waals surface area contributed by atoms with Crippen molar-refractivity contribution in [2.24, 2.45) is 37.9 Å². The predicted octanol–water partition coefficient (Wildman–Crippen LogP) is -2.66. The Morgan fingerprint density at radius 3 is 2.56 bits per heavy atom. The number of nitrogens with zero attached hydrogens (tertiary/aromatic N) is 7. The lowest BCUT2D eigenvalue weighted by Gasteiger charge is -2.05. The number of hydrogen-bond donors (Lipinski definition) is 4. The molecule has 0 aliphatic rings. The Hall–Kier alpha value is -3.01. The molecule has 0 bridgehead atoms. The van der Waals surface area contributed by atoms with E-state index in [1.807, 2.05) is 0 Å². The molecular formula is C3H7N11O2. The molecule has 0 saturated heterocycles. The van der Waals surface area contributed by atoms with Gasteiger partial charge in [0, 0.05) is 0 Å². The number of nitrogens with two attached hydrogens (primary N) is 3. The van der Waals surface area contributed by atoms with Gasteiger partial charge in [0.1, 0.15) is 5.22 Å². The Kier molecular flexibility index (Phi) is 5.23. The summed E-state index contributed by atoms with van der Waals surface area (Å²) in [6.07, 6.45) is 1.27. The second-order valence-corrected chi connectivity index (χ2v) is 1.91. The van der Waals surface area contributed by atoms with E-state index >= 15 is 0 Å². The lowest BCUT2D eigenvalue weighted by Crippen LogP contribution is -2.44. The highest BCUT2D eigenvalue weighted by molar-refractivity contribution is 5.78. The van der Waals surface area contributed by atoms with Gasteiger partial charge in [-0.1, -0.05) is 5.10 Å². The Labute approximate surface area is 88.0 Å². The van der Waals surface area contributed by atoms with Gasteiger partial charge in [0.25, 0.3) is 0 Å². The molecule has 0 heterocycles. The van der Waals surface area contributed by atoms with Crippen LogP contribution in [0.4, 0.5) is 0 Å². The molecular weight excluding hydrogens is 222 g/mol. The number of rotatable bonds is 3. The summed E-state index contributed by atoms with van der Waals surface area (Å²) in [4.78, 5) is 13.4. The molecule has 13 heteroatoms. The Bertz CT molecular complexity index is 371. The second-order valence-electron chi connectivity index (χ2n) is 1.91. The SMILES string of the molecule is N#CN=C(NN)N(N=NN=C(N)N)[N+](=O)[O-]. The molecule has 0 aromatic carbocycles. The van der Waals surface area contributed by atoms with Crippen molar-refractivity contribution in [3.05, 3.63) is 10.1 Å². The van der Waals surface area contributed by atoms with Crippen LogP contribution in [0.25, 0.3) is 0 Å². The summed E-state index contributed by atoms with van der Waals surface area (Å²) < 4.78 is 0. The van der Waals surface area contributed by atoms with Crippen molar-refractivity contribution in [2.45, 2.75) is 0 Å². The predicted molar refractivity (Wildman–Crippen MR) is 49.9 cm³/mol. The second kappa shape index (κ2) is 6.44. The number of hydrogen-bond acceptors (Lipinski definition) is 7. The molecule has 0 atom stereocenters. The highest BCUT2D eigenvalue weighted by Gasteiger charge is 2.22. The van der Waals surface area contributed by atoms with E-state index in [2.05, 4.69) is 20.5 Å². The van der Waals surface area contributed by atoms with E-state index in [0.29, 0.717) is 0 Å². The maximum Gasteiger partial charge on any atom is 0.317 e. The van der Waals surface area contributed by atoms with E-state index in [9.17, 15) is 10.1 Å². The van der Waals surface area contributed by atoms with Crippen LogP contribution in [-0.2, 0) is 0 Å². The lowest BCUT2D eigenvalue weighted by molar-refractivity contribution is -0.633. The van der Waals surface area contributed by atoms with Gasteiger partial charge in [-0.25, -0.2) is 5.84 Å². The van der Waals surface area contributed by atoms with Gasteiger partial charge >= 0.3 is 5.96 Å². The Morgan fingerprint density at radius 1 is 1.56 bits per heavy atom. The van der Waals surface area contributed by atoms with Crippen LogP contribution in [0.15, 0.2) is 20.5 Å². The lowest BCUT2D eigenvalue weighted by atomic mass is 11.0. The highest BCUT2D eigenvalue weighted by atomic mass is 16.7. The third-order valence-electron chi connectivity index (χ3n) is 0.914. The molecule has 0 radical (unpaired) electrons. The van der Waals surface area contributed by atoms with Gasteiger partial charge in [-0.3, -0.25) is 5.43 Å². The monoisotopic (exact) mass is 229 g/mol. The maximum atomic E-state index is 10.4. The van der Waals surface area contributed by atoms with Gasteiger partial charge in [0.2, 0.25) is 17.4 Å². The van der Waals surface area contributed by atoms with Gasteiger partial charge < -0.3 is 21.6 Å². The summed E-state index contributed by atoms with van der Waals surface area (Å²) in [7, 11) is 0. The minimum absolute atomic E-state index is 0.0321. The van der Waals surface area contributed by atoms with Crippen molar-refractivity contribution < 1.29 is 5.03 Å². The summed E-state index contributed by atoms with van der Waals surface area (Å²) >= 11 is 0. The van der Waals surface area contributed by atoms with Crippen molar-refractivity contribution >= 4 is 11.9 Å². The smallest absolute Gasteiger partial charge is 0.317 e. The molecule has 0 spiro atoms. The molecule has 0 amide bonds. The van der Waals surface area contributed by atoms with Gasteiger partial charge in [0.15, 0.2) is 0 Å². The number of nitriles is 1. The van der Waals surface area contributed by atoms with Crippen molar-refractivity contribution in [3.8, 4) is 6.19 Å². The quantitative estimate of drug-likeness (QED) is 0.0760. The van der Waals surface area contributed by atoms with Crippen LogP contribution in [0.1, 0.15) is 0 Å². The molecule has 0 aromatic heterocycles. The molecule has 0 aliphatic carbocycles. The summed E-state index contributed by atoms with van der Waals surface area (Å²) in [6.45, 7) is 0. The Balaban J connectivity index is 4.96. The largest absolute Gasteiger partial charge is 0.368 e. The first-order valence-corrected chi connectivity index (χ1v) is 3.40. The van der Waals surface area contributed by atoms with Crippen molar-refractivity contribution in [1.82, 2.24) is 10.5 Å². The van der Waals surface area contributed by atoms with Crippen LogP contribution in [0.3, 0.4) is 0 Å². The topological polar surface area (TPSA) is 210 Å². The van der Waals surface area contributed by atoms with Gasteiger partial charge in [-0.15, -0.1) is 4.99 Å². The first-order valence-electron chi connectivity index (χ1n) is 3.40. The zero-order chi connectivity index (χ0) is 12.6. The van der Waals surface area contributed by atoms with E-state index in [-0.39, 0.29) is 5.12 Å². The minimum Gasteiger partial charge on any atom is -0.368 e.